The molecule has 0 bridgehead atoms. The Bertz CT molecular complexity index is 749. The van der Waals surface area contributed by atoms with Crippen molar-refractivity contribution in [2.75, 3.05) is 19.6 Å². The number of fused-ring (bicyclic) bond motifs is 3. The molecule has 3 fully saturated rings. The van der Waals surface area contributed by atoms with Crippen LogP contribution in [-0.4, -0.2) is 42.4 Å². The molecule has 0 N–H and O–H groups in total. The lowest BCUT2D eigenvalue weighted by Crippen LogP contribution is -2.43. The summed E-state index contributed by atoms with van der Waals surface area (Å²) in [6, 6.07) is 0. The Morgan fingerprint density at radius 2 is 1.96 bits per heavy atom. The Hall–Kier alpha value is -1.42. The lowest BCUT2D eigenvalue weighted by molar-refractivity contribution is -0.144. The molecule has 28 heavy (non-hydrogen) atoms. The highest BCUT2D eigenvalue weighted by molar-refractivity contribution is 6.05. The average molecular weight is 386 g/mol. The number of hydrogen-bond donors (Lipinski definition) is 0. The van der Waals surface area contributed by atoms with E-state index in [2.05, 4.69) is 32.6 Å². The zero-order valence-electron chi connectivity index (χ0n) is 18.1. The van der Waals surface area contributed by atoms with Crippen LogP contribution in [0.25, 0.3) is 0 Å². The van der Waals surface area contributed by atoms with Gasteiger partial charge in [0.15, 0.2) is 5.78 Å². The molecule has 154 valence electrons. The molecule has 4 aliphatic rings. The van der Waals surface area contributed by atoms with E-state index in [1.165, 1.54) is 12.8 Å². The third kappa shape index (κ3) is 3.38. The molecule has 5 atom stereocenters. The molecule has 4 nitrogen and oxygen atoms in total. The van der Waals surface area contributed by atoms with Gasteiger partial charge in [0.2, 0.25) is 0 Å². The third-order valence-corrected chi connectivity index (χ3v) is 7.67. The minimum absolute atomic E-state index is 0.0587. The average Bonchev–Trinajstić information content (AvgIpc) is 2.82. The van der Waals surface area contributed by atoms with Gasteiger partial charge in [-0.25, -0.2) is 0 Å². The van der Waals surface area contributed by atoms with Gasteiger partial charge in [0.1, 0.15) is 6.10 Å². The van der Waals surface area contributed by atoms with E-state index >= 15 is 0 Å². The highest BCUT2D eigenvalue weighted by Crippen LogP contribution is 2.53. The summed E-state index contributed by atoms with van der Waals surface area (Å²) in [7, 11) is 0. The van der Waals surface area contributed by atoms with Gasteiger partial charge in [0.25, 0.3) is 0 Å². The summed E-state index contributed by atoms with van der Waals surface area (Å²) >= 11 is 0. The third-order valence-electron chi connectivity index (χ3n) is 7.67. The molecular weight excluding hydrogens is 350 g/mol. The predicted molar refractivity (Wildman–Crippen MR) is 110 cm³/mol. The van der Waals surface area contributed by atoms with Crippen molar-refractivity contribution in [1.82, 2.24) is 4.90 Å². The summed E-state index contributed by atoms with van der Waals surface area (Å²) in [4.78, 5) is 27.7. The minimum Gasteiger partial charge on any atom is -0.457 e. The summed E-state index contributed by atoms with van der Waals surface area (Å²) in [5.41, 5.74) is 1.99. The van der Waals surface area contributed by atoms with Crippen LogP contribution in [0.2, 0.25) is 0 Å². The number of ether oxygens (including phenoxy) is 1. The molecule has 1 saturated carbocycles. The lowest BCUT2D eigenvalue weighted by atomic mass is 9.61. The maximum absolute atomic E-state index is 12.9. The van der Waals surface area contributed by atoms with Gasteiger partial charge >= 0.3 is 5.97 Å². The van der Waals surface area contributed by atoms with Crippen molar-refractivity contribution in [1.29, 1.82) is 0 Å². The predicted octanol–water partition coefficient (Wildman–Crippen LogP) is 4.16. The van der Waals surface area contributed by atoms with Gasteiger partial charge in [-0.1, -0.05) is 33.8 Å². The van der Waals surface area contributed by atoms with Gasteiger partial charge in [0, 0.05) is 30.0 Å². The Balaban J connectivity index is 1.56. The van der Waals surface area contributed by atoms with Crippen LogP contribution < -0.4 is 0 Å². The fourth-order valence-electron chi connectivity index (χ4n) is 6.41. The Labute approximate surface area is 169 Å². The van der Waals surface area contributed by atoms with Gasteiger partial charge in [-0.15, -0.1) is 0 Å². The summed E-state index contributed by atoms with van der Waals surface area (Å²) in [6.07, 6.45) is 7.93. The Kier molecular flexibility index (Phi) is 4.85. The van der Waals surface area contributed by atoms with E-state index in [0.29, 0.717) is 0 Å². The van der Waals surface area contributed by atoms with Gasteiger partial charge in [0.05, 0.1) is 5.92 Å². The molecule has 2 aliphatic heterocycles. The smallest absolute Gasteiger partial charge is 0.311 e. The Morgan fingerprint density at radius 1 is 1.21 bits per heavy atom. The van der Waals surface area contributed by atoms with E-state index in [-0.39, 0.29) is 40.5 Å². The largest absolute Gasteiger partial charge is 0.457 e. The Morgan fingerprint density at radius 3 is 2.71 bits per heavy atom. The maximum atomic E-state index is 12.9. The first-order valence-electron chi connectivity index (χ1n) is 11.0. The van der Waals surface area contributed by atoms with Crippen molar-refractivity contribution in [2.45, 2.75) is 66.4 Å². The molecule has 2 heterocycles. The van der Waals surface area contributed by atoms with Crippen LogP contribution in [0.15, 0.2) is 23.3 Å². The van der Waals surface area contributed by atoms with Gasteiger partial charge in [-0.2, -0.15) is 0 Å². The number of likely N-dealkylation sites (tertiary alicyclic amines) is 1. The molecule has 4 heteroatoms. The van der Waals surface area contributed by atoms with E-state index in [0.717, 1.165) is 49.5 Å². The first kappa shape index (κ1) is 19.9. The molecule has 0 aromatic carbocycles. The highest BCUT2D eigenvalue weighted by atomic mass is 16.6. The molecule has 0 amide bonds. The van der Waals surface area contributed by atoms with Crippen LogP contribution in [0.5, 0.6) is 0 Å². The number of nitrogens with zero attached hydrogens (tertiary/aromatic N) is 1. The monoisotopic (exact) mass is 385 g/mol. The summed E-state index contributed by atoms with van der Waals surface area (Å²) in [6.45, 7) is 14.0. The number of ketones is 1. The summed E-state index contributed by atoms with van der Waals surface area (Å²) in [5, 5.41) is 0. The van der Waals surface area contributed by atoms with E-state index in [4.69, 9.17) is 4.74 Å². The molecule has 0 radical (unpaired) electrons. The van der Waals surface area contributed by atoms with Crippen molar-refractivity contribution in [3.8, 4) is 0 Å². The molecule has 0 aromatic rings. The van der Waals surface area contributed by atoms with Crippen LogP contribution in [0, 0.1) is 28.6 Å². The van der Waals surface area contributed by atoms with Crippen molar-refractivity contribution in [2.24, 2.45) is 28.6 Å². The maximum Gasteiger partial charge on any atom is 0.311 e. The van der Waals surface area contributed by atoms with Crippen molar-refractivity contribution >= 4 is 11.8 Å². The number of carbonyl (C=O) groups excluding carboxylic acids is 2. The standard InChI is InChI=1S/C24H35NO3/c1-15-8-11-25(14-23(3,4)12-15)13-18-17-6-9-24(5)10-7-19(26)16(2)20(24)21(17)28-22(18)27/h7,10,15,17-18,21H,6,8-9,11-14H2,1-5H3/t15?,17-,18?,21-,24-/m0/s1. The molecule has 0 spiro atoms. The molecule has 2 saturated heterocycles. The molecule has 4 rings (SSSR count). The quantitative estimate of drug-likeness (QED) is 0.670. The second kappa shape index (κ2) is 6.83. The van der Waals surface area contributed by atoms with Gasteiger partial charge in [-0.3, -0.25) is 9.59 Å². The first-order chi connectivity index (χ1) is 13.1. The van der Waals surface area contributed by atoms with Crippen LogP contribution in [0.4, 0.5) is 0 Å². The number of esters is 1. The molecular formula is C24H35NO3. The summed E-state index contributed by atoms with van der Waals surface area (Å²) < 4.78 is 5.97. The number of allylic oxidation sites excluding steroid dienone is 3. The molecule has 2 unspecified atom stereocenters. The fourth-order valence-corrected chi connectivity index (χ4v) is 6.41. The zero-order valence-corrected chi connectivity index (χ0v) is 18.1. The second-order valence-corrected chi connectivity index (χ2v) is 10.8. The van der Waals surface area contributed by atoms with E-state index in [1.54, 1.807) is 6.08 Å². The van der Waals surface area contributed by atoms with E-state index in [9.17, 15) is 9.59 Å². The number of hydrogen-bond acceptors (Lipinski definition) is 4. The van der Waals surface area contributed by atoms with Crippen molar-refractivity contribution in [3.05, 3.63) is 23.3 Å². The van der Waals surface area contributed by atoms with Crippen molar-refractivity contribution in [3.63, 3.8) is 0 Å². The summed E-state index contributed by atoms with van der Waals surface area (Å²) in [5.74, 6) is 0.868. The second-order valence-electron chi connectivity index (χ2n) is 10.8. The van der Waals surface area contributed by atoms with Crippen LogP contribution in [0.3, 0.4) is 0 Å². The van der Waals surface area contributed by atoms with Gasteiger partial charge in [-0.05, 0) is 62.1 Å². The minimum atomic E-state index is -0.218. The van der Waals surface area contributed by atoms with Crippen LogP contribution in [0.1, 0.15) is 60.3 Å². The SMILES string of the molecule is CC1=C2[C@H]3OC(=O)C(CN4CCC(C)CC(C)(C)C4)[C@@H]3CC[C@@]2(C)C=CC1=O. The lowest BCUT2D eigenvalue weighted by Gasteiger charge is -2.43. The van der Waals surface area contributed by atoms with Crippen LogP contribution in [-0.2, 0) is 14.3 Å². The topological polar surface area (TPSA) is 46.6 Å². The molecule has 0 aromatic heterocycles. The highest BCUT2D eigenvalue weighted by Gasteiger charge is 2.54. The van der Waals surface area contributed by atoms with E-state index in [1.807, 2.05) is 13.0 Å². The van der Waals surface area contributed by atoms with Crippen molar-refractivity contribution < 1.29 is 14.3 Å². The first-order valence-corrected chi connectivity index (χ1v) is 11.0. The van der Waals surface area contributed by atoms with Crippen LogP contribution >= 0.6 is 0 Å². The fraction of sp³-hybridized carbons (Fsp3) is 0.750. The van der Waals surface area contributed by atoms with Gasteiger partial charge < -0.3 is 9.64 Å². The van der Waals surface area contributed by atoms with E-state index < -0.39 is 0 Å². The number of rotatable bonds is 2. The molecule has 2 aliphatic carbocycles. The number of carbonyl (C=O) groups is 2. The normalized spacial score (nSPS) is 40.8. The zero-order chi connectivity index (χ0) is 20.3.